The van der Waals surface area contributed by atoms with Crippen molar-refractivity contribution >= 4 is 18.0 Å². The number of hydrogen-bond donors (Lipinski definition) is 2. The normalized spacial score (nSPS) is 20.0. The minimum Gasteiger partial charge on any atom is -0.481 e. The van der Waals surface area contributed by atoms with E-state index < -0.39 is 12.1 Å². The number of nitrogens with one attached hydrogen (secondary N) is 1. The van der Waals surface area contributed by atoms with E-state index in [2.05, 4.69) is 29.6 Å². The smallest absolute Gasteiger partial charge is 0.407 e. The molecule has 2 atom stereocenters. The molecule has 0 spiro atoms. The standard InChI is InChI=1S/C28H32N2O5/c31-26(30-14-6-9-19(30)15-27(32)33)16-25(18-7-5-8-18)29-28(34)35-17-24-22-12-3-1-10-20(22)21-11-2-4-13-23(21)24/h1-4,10-13,18-19,24-25H,5-9,14-17H2,(H,29,34)(H,32,33)/t19-,25?/m0/s1. The fraction of sp³-hybridized carbons (Fsp3) is 0.464. The molecule has 2 amide bonds. The number of fused-ring (bicyclic) bond motifs is 3. The van der Waals surface area contributed by atoms with E-state index in [4.69, 9.17) is 9.84 Å². The van der Waals surface area contributed by atoms with Gasteiger partial charge in [-0.3, -0.25) is 9.59 Å². The SMILES string of the molecule is O=C(O)C[C@@H]1CCCN1C(=O)CC(NC(=O)OCC1c2ccccc2-c2ccccc21)C1CCC1. The average molecular weight is 477 g/mol. The predicted molar refractivity (Wildman–Crippen MR) is 131 cm³/mol. The van der Waals surface area contributed by atoms with Crippen molar-refractivity contribution in [1.82, 2.24) is 10.2 Å². The van der Waals surface area contributed by atoms with E-state index >= 15 is 0 Å². The molecule has 1 aliphatic heterocycles. The van der Waals surface area contributed by atoms with Crippen molar-refractivity contribution in [2.45, 2.75) is 62.9 Å². The van der Waals surface area contributed by atoms with Gasteiger partial charge in [0.05, 0.1) is 6.42 Å². The number of likely N-dealkylation sites (tertiary alicyclic amines) is 1. The van der Waals surface area contributed by atoms with E-state index in [1.165, 1.54) is 11.1 Å². The second-order valence-electron chi connectivity index (χ2n) is 9.95. The van der Waals surface area contributed by atoms with Crippen molar-refractivity contribution in [3.63, 3.8) is 0 Å². The lowest BCUT2D eigenvalue weighted by Gasteiger charge is -2.35. The number of amides is 2. The van der Waals surface area contributed by atoms with Crippen molar-refractivity contribution in [1.29, 1.82) is 0 Å². The van der Waals surface area contributed by atoms with Gasteiger partial charge in [0, 0.05) is 31.0 Å². The molecule has 2 N–H and O–H groups in total. The number of benzene rings is 2. The number of alkyl carbamates (subject to hydrolysis) is 1. The Bertz CT molecular complexity index is 1070. The molecule has 35 heavy (non-hydrogen) atoms. The van der Waals surface area contributed by atoms with Gasteiger partial charge in [-0.15, -0.1) is 0 Å². The van der Waals surface area contributed by atoms with Crippen LogP contribution in [0.5, 0.6) is 0 Å². The zero-order valence-corrected chi connectivity index (χ0v) is 19.8. The molecule has 7 heteroatoms. The van der Waals surface area contributed by atoms with Gasteiger partial charge in [-0.25, -0.2) is 4.79 Å². The van der Waals surface area contributed by atoms with E-state index in [0.717, 1.165) is 36.8 Å². The van der Waals surface area contributed by atoms with Crippen LogP contribution in [-0.4, -0.2) is 53.2 Å². The highest BCUT2D eigenvalue weighted by molar-refractivity contribution is 5.80. The minimum absolute atomic E-state index is 0.0155. The van der Waals surface area contributed by atoms with Crippen molar-refractivity contribution in [2.75, 3.05) is 13.2 Å². The van der Waals surface area contributed by atoms with E-state index in [1.54, 1.807) is 4.90 Å². The molecule has 1 unspecified atom stereocenters. The molecule has 0 radical (unpaired) electrons. The van der Waals surface area contributed by atoms with Gasteiger partial charge >= 0.3 is 12.1 Å². The van der Waals surface area contributed by atoms with Crippen LogP contribution in [0.2, 0.25) is 0 Å². The van der Waals surface area contributed by atoms with E-state index in [-0.39, 0.29) is 49.3 Å². The molecule has 2 aromatic carbocycles. The number of carbonyl (C=O) groups is 3. The molecule has 3 aliphatic rings. The molecule has 184 valence electrons. The van der Waals surface area contributed by atoms with Gasteiger partial charge in [-0.1, -0.05) is 55.0 Å². The molecule has 2 aromatic rings. The quantitative estimate of drug-likeness (QED) is 0.583. The van der Waals surface area contributed by atoms with Crippen molar-refractivity contribution in [3.05, 3.63) is 59.7 Å². The minimum atomic E-state index is -0.887. The number of ether oxygens (including phenoxy) is 1. The maximum atomic E-state index is 13.1. The first kappa shape index (κ1) is 23.4. The highest BCUT2D eigenvalue weighted by Gasteiger charge is 2.36. The molecule has 5 rings (SSSR count). The zero-order chi connectivity index (χ0) is 24.4. The Morgan fingerprint density at radius 1 is 0.971 bits per heavy atom. The molecule has 0 bridgehead atoms. The summed E-state index contributed by atoms with van der Waals surface area (Å²) in [5.74, 6) is -0.732. The highest BCUT2D eigenvalue weighted by Crippen LogP contribution is 2.44. The van der Waals surface area contributed by atoms with Gasteiger partial charge in [0.15, 0.2) is 0 Å². The third kappa shape index (κ3) is 4.90. The number of hydrogen-bond acceptors (Lipinski definition) is 4. The fourth-order valence-corrected chi connectivity index (χ4v) is 5.85. The maximum absolute atomic E-state index is 13.1. The van der Waals surface area contributed by atoms with Crippen LogP contribution in [-0.2, 0) is 14.3 Å². The lowest BCUT2D eigenvalue weighted by atomic mass is 9.78. The second kappa shape index (κ2) is 10.1. The Morgan fingerprint density at radius 3 is 2.23 bits per heavy atom. The summed E-state index contributed by atoms with van der Waals surface area (Å²) in [6.45, 7) is 0.817. The van der Waals surface area contributed by atoms with Crippen LogP contribution in [0.3, 0.4) is 0 Å². The topological polar surface area (TPSA) is 95.9 Å². The first-order valence-corrected chi connectivity index (χ1v) is 12.6. The maximum Gasteiger partial charge on any atom is 0.407 e. The summed E-state index contributed by atoms with van der Waals surface area (Å²) in [5, 5.41) is 12.1. The summed E-state index contributed by atoms with van der Waals surface area (Å²) in [7, 11) is 0. The third-order valence-corrected chi connectivity index (χ3v) is 7.87. The summed E-state index contributed by atoms with van der Waals surface area (Å²) in [4.78, 5) is 38.8. The zero-order valence-electron chi connectivity index (χ0n) is 19.8. The van der Waals surface area contributed by atoms with E-state index in [1.807, 2.05) is 24.3 Å². The monoisotopic (exact) mass is 476 g/mol. The molecule has 2 fully saturated rings. The highest BCUT2D eigenvalue weighted by atomic mass is 16.5. The number of carbonyl (C=O) groups excluding carboxylic acids is 2. The molecule has 1 heterocycles. The van der Waals surface area contributed by atoms with Crippen LogP contribution >= 0.6 is 0 Å². The first-order chi connectivity index (χ1) is 17.0. The fourth-order valence-electron chi connectivity index (χ4n) is 5.85. The van der Waals surface area contributed by atoms with Crippen molar-refractivity contribution in [2.24, 2.45) is 5.92 Å². The number of nitrogens with zero attached hydrogens (tertiary/aromatic N) is 1. The number of carboxylic acid groups (broad SMARTS) is 1. The Labute approximate surface area is 205 Å². The summed E-state index contributed by atoms with van der Waals surface area (Å²) < 4.78 is 5.72. The number of rotatable bonds is 8. The molecule has 1 saturated carbocycles. The van der Waals surface area contributed by atoms with E-state index in [0.29, 0.717) is 13.0 Å². The van der Waals surface area contributed by atoms with Crippen LogP contribution in [0.1, 0.15) is 62.0 Å². The van der Waals surface area contributed by atoms with Crippen molar-refractivity contribution < 1.29 is 24.2 Å². The van der Waals surface area contributed by atoms with Gasteiger partial charge in [0.2, 0.25) is 5.91 Å². The molecule has 7 nitrogen and oxygen atoms in total. The van der Waals surface area contributed by atoms with Gasteiger partial charge in [-0.05, 0) is 53.9 Å². The Kier molecular flexibility index (Phi) is 6.75. The molecular weight excluding hydrogens is 444 g/mol. The van der Waals surface area contributed by atoms with Crippen LogP contribution in [0.15, 0.2) is 48.5 Å². The largest absolute Gasteiger partial charge is 0.481 e. The third-order valence-electron chi connectivity index (χ3n) is 7.87. The molecular formula is C28H32N2O5. The van der Waals surface area contributed by atoms with Gasteiger partial charge < -0.3 is 20.1 Å². The van der Waals surface area contributed by atoms with Crippen LogP contribution in [0.4, 0.5) is 4.79 Å². The summed E-state index contributed by atoms with van der Waals surface area (Å²) in [5.41, 5.74) is 4.67. The van der Waals surface area contributed by atoms with Gasteiger partial charge in [0.1, 0.15) is 6.61 Å². The van der Waals surface area contributed by atoms with Gasteiger partial charge in [-0.2, -0.15) is 0 Å². The van der Waals surface area contributed by atoms with Gasteiger partial charge in [0.25, 0.3) is 0 Å². The van der Waals surface area contributed by atoms with Crippen LogP contribution in [0.25, 0.3) is 11.1 Å². The van der Waals surface area contributed by atoms with E-state index in [9.17, 15) is 14.4 Å². The molecule has 0 aromatic heterocycles. The average Bonchev–Trinajstić information content (AvgIpc) is 3.38. The predicted octanol–water partition coefficient (Wildman–Crippen LogP) is 4.55. The van der Waals surface area contributed by atoms with Crippen molar-refractivity contribution in [3.8, 4) is 11.1 Å². The Morgan fingerprint density at radius 2 is 1.63 bits per heavy atom. The Balaban J connectivity index is 1.22. The number of carboxylic acids is 1. The lowest BCUT2D eigenvalue weighted by Crippen LogP contribution is -2.47. The Hall–Kier alpha value is -3.35. The first-order valence-electron chi connectivity index (χ1n) is 12.6. The summed E-state index contributed by atoms with van der Waals surface area (Å²) in [6, 6.07) is 15.9. The summed E-state index contributed by atoms with van der Waals surface area (Å²) >= 11 is 0. The van der Waals surface area contributed by atoms with Crippen LogP contribution < -0.4 is 5.32 Å². The summed E-state index contributed by atoms with van der Waals surface area (Å²) in [6.07, 6.45) is 4.22. The second-order valence-corrected chi connectivity index (χ2v) is 9.95. The molecule has 1 saturated heterocycles. The number of aliphatic carboxylic acids is 1. The van der Waals surface area contributed by atoms with Crippen LogP contribution in [0, 0.1) is 5.92 Å². The molecule has 2 aliphatic carbocycles. The lowest BCUT2D eigenvalue weighted by molar-refractivity contribution is -0.140.